The Labute approximate surface area is 122 Å². The molecule has 0 saturated carbocycles. The average Bonchev–Trinajstić information content (AvgIpc) is 2.91. The largest absolute Gasteiger partial charge is 0.478 e. The topological polar surface area (TPSA) is 74.7 Å². The van der Waals surface area contributed by atoms with Crippen LogP contribution in [0.4, 0.5) is 0 Å². The van der Waals surface area contributed by atoms with E-state index >= 15 is 0 Å². The maximum Gasteiger partial charge on any atom is 0.335 e. The number of carbonyl (C=O) groups is 1. The van der Waals surface area contributed by atoms with E-state index in [2.05, 4.69) is 0 Å². The minimum absolute atomic E-state index is 0.174. The molecule has 1 aliphatic heterocycles. The molecule has 0 spiro atoms. The molecule has 0 radical (unpaired) electrons. The van der Waals surface area contributed by atoms with Crippen molar-refractivity contribution >= 4 is 16.0 Å². The van der Waals surface area contributed by atoms with Crippen molar-refractivity contribution in [2.24, 2.45) is 0 Å². The van der Waals surface area contributed by atoms with Crippen LogP contribution in [0.2, 0.25) is 0 Å². The Balaban J connectivity index is 1.93. The number of carboxylic acids is 1. The number of sulfonamides is 1. The normalized spacial score (nSPS) is 14.9. The minimum Gasteiger partial charge on any atom is -0.478 e. The summed E-state index contributed by atoms with van der Waals surface area (Å²) in [7, 11) is -3.55. The number of aromatic carboxylic acids is 1. The second-order valence-electron chi connectivity index (χ2n) is 4.87. The van der Waals surface area contributed by atoms with Crippen molar-refractivity contribution < 1.29 is 18.3 Å². The van der Waals surface area contributed by atoms with Gasteiger partial charge in [0.15, 0.2) is 0 Å². The Hall–Kier alpha value is -2.18. The van der Waals surface area contributed by atoms with Crippen molar-refractivity contribution in [1.82, 2.24) is 4.31 Å². The standard InChI is InChI=1S/C15H13NO4S/c17-15(18)11-6-7-12-9-16(10-13(12)8-11)21(19,20)14-4-2-1-3-5-14/h1-8H,9-10H2,(H,17,18). The maximum absolute atomic E-state index is 12.5. The van der Waals surface area contributed by atoms with E-state index in [-0.39, 0.29) is 23.5 Å². The van der Waals surface area contributed by atoms with Crippen LogP contribution >= 0.6 is 0 Å². The smallest absolute Gasteiger partial charge is 0.335 e. The molecule has 2 aromatic carbocycles. The third kappa shape index (κ3) is 2.43. The molecule has 0 bridgehead atoms. The van der Waals surface area contributed by atoms with Crippen LogP contribution in [0.15, 0.2) is 53.4 Å². The molecule has 108 valence electrons. The molecule has 0 aromatic heterocycles. The minimum atomic E-state index is -3.55. The molecule has 0 saturated heterocycles. The number of benzene rings is 2. The van der Waals surface area contributed by atoms with Crippen LogP contribution < -0.4 is 0 Å². The van der Waals surface area contributed by atoms with Crippen molar-refractivity contribution in [3.8, 4) is 0 Å². The Morgan fingerprint density at radius 2 is 1.67 bits per heavy atom. The van der Waals surface area contributed by atoms with E-state index in [1.807, 2.05) is 0 Å². The summed E-state index contributed by atoms with van der Waals surface area (Å²) in [6.07, 6.45) is 0. The lowest BCUT2D eigenvalue weighted by molar-refractivity contribution is 0.0696. The number of hydrogen-bond donors (Lipinski definition) is 1. The summed E-state index contributed by atoms with van der Waals surface area (Å²) in [6.45, 7) is 0.472. The molecular weight excluding hydrogens is 290 g/mol. The zero-order valence-electron chi connectivity index (χ0n) is 11.1. The van der Waals surface area contributed by atoms with Gasteiger partial charge in [-0.1, -0.05) is 24.3 Å². The fourth-order valence-corrected chi connectivity index (χ4v) is 3.83. The van der Waals surface area contributed by atoms with Gasteiger partial charge in [0.2, 0.25) is 10.0 Å². The molecule has 2 aromatic rings. The van der Waals surface area contributed by atoms with E-state index < -0.39 is 16.0 Å². The summed E-state index contributed by atoms with van der Waals surface area (Å²) in [6, 6.07) is 13.0. The van der Waals surface area contributed by atoms with Crippen LogP contribution in [0.5, 0.6) is 0 Å². The monoisotopic (exact) mass is 303 g/mol. The molecule has 0 amide bonds. The summed E-state index contributed by atoms with van der Waals surface area (Å²) in [5.41, 5.74) is 1.77. The predicted molar refractivity (Wildman–Crippen MR) is 76.3 cm³/mol. The van der Waals surface area contributed by atoms with Crippen LogP contribution in [0.3, 0.4) is 0 Å². The highest BCUT2D eigenvalue weighted by molar-refractivity contribution is 7.89. The molecular formula is C15H13NO4S. The third-order valence-electron chi connectivity index (χ3n) is 3.53. The Bertz CT molecular complexity index is 800. The van der Waals surface area contributed by atoms with Gasteiger partial charge in [0, 0.05) is 13.1 Å². The van der Waals surface area contributed by atoms with Crippen LogP contribution in [0.1, 0.15) is 21.5 Å². The molecule has 1 aliphatic rings. The molecule has 1 heterocycles. The quantitative estimate of drug-likeness (QED) is 0.942. The predicted octanol–water partition coefficient (Wildman–Crippen LogP) is 2.09. The lowest BCUT2D eigenvalue weighted by atomic mass is 10.1. The Morgan fingerprint density at radius 1 is 1.00 bits per heavy atom. The van der Waals surface area contributed by atoms with Crippen LogP contribution in [-0.4, -0.2) is 23.8 Å². The van der Waals surface area contributed by atoms with Gasteiger partial charge in [-0.2, -0.15) is 4.31 Å². The van der Waals surface area contributed by atoms with Gasteiger partial charge in [-0.05, 0) is 35.4 Å². The molecule has 0 atom stereocenters. The molecule has 6 heteroatoms. The van der Waals surface area contributed by atoms with Gasteiger partial charge >= 0.3 is 5.97 Å². The number of fused-ring (bicyclic) bond motifs is 1. The number of nitrogens with zero attached hydrogens (tertiary/aromatic N) is 1. The van der Waals surface area contributed by atoms with Gasteiger partial charge in [-0.15, -0.1) is 0 Å². The summed E-state index contributed by atoms with van der Waals surface area (Å²) in [4.78, 5) is 11.2. The van der Waals surface area contributed by atoms with Gasteiger partial charge in [-0.25, -0.2) is 13.2 Å². The first kappa shape index (κ1) is 13.8. The van der Waals surface area contributed by atoms with Crippen LogP contribution in [-0.2, 0) is 23.1 Å². The van der Waals surface area contributed by atoms with E-state index in [9.17, 15) is 13.2 Å². The molecule has 0 fully saturated rings. The van der Waals surface area contributed by atoms with Crippen LogP contribution in [0, 0.1) is 0 Å². The highest BCUT2D eigenvalue weighted by Gasteiger charge is 2.30. The number of rotatable bonds is 3. The van der Waals surface area contributed by atoms with Gasteiger partial charge in [0.05, 0.1) is 10.5 Å². The lowest BCUT2D eigenvalue weighted by Gasteiger charge is -2.15. The van der Waals surface area contributed by atoms with Crippen molar-refractivity contribution in [2.45, 2.75) is 18.0 Å². The van der Waals surface area contributed by atoms with Gasteiger partial charge in [0.1, 0.15) is 0 Å². The molecule has 21 heavy (non-hydrogen) atoms. The summed E-state index contributed by atoms with van der Waals surface area (Å²) >= 11 is 0. The zero-order chi connectivity index (χ0) is 15.0. The number of carboxylic acid groups (broad SMARTS) is 1. The van der Waals surface area contributed by atoms with Gasteiger partial charge in [-0.3, -0.25) is 0 Å². The molecule has 1 N–H and O–H groups in total. The summed E-state index contributed by atoms with van der Waals surface area (Å²) in [5, 5.41) is 8.99. The SMILES string of the molecule is O=C(O)c1ccc2c(c1)CN(S(=O)(=O)c1ccccc1)C2. The highest BCUT2D eigenvalue weighted by atomic mass is 32.2. The first-order valence-electron chi connectivity index (χ1n) is 6.39. The zero-order valence-corrected chi connectivity index (χ0v) is 11.9. The second-order valence-corrected chi connectivity index (χ2v) is 6.81. The average molecular weight is 303 g/mol. The summed E-state index contributed by atoms with van der Waals surface area (Å²) in [5.74, 6) is -1.01. The fraction of sp³-hybridized carbons (Fsp3) is 0.133. The Kier molecular flexibility index (Phi) is 3.27. The highest BCUT2D eigenvalue weighted by Crippen LogP contribution is 2.29. The first-order valence-corrected chi connectivity index (χ1v) is 7.83. The van der Waals surface area contributed by atoms with E-state index in [4.69, 9.17) is 5.11 Å². The lowest BCUT2D eigenvalue weighted by Crippen LogP contribution is -2.25. The molecule has 0 unspecified atom stereocenters. The third-order valence-corrected chi connectivity index (χ3v) is 5.33. The fourth-order valence-electron chi connectivity index (χ4n) is 2.41. The summed E-state index contributed by atoms with van der Waals surface area (Å²) < 4.78 is 26.4. The van der Waals surface area contributed by atoms with Crippen molar-refractivity contribution in [3.63, 3.8) is 0 Å². The molecule has 5 nitrogen and oxygen atoms in total. The van der Waals surface area contributed by atoms with Crippen molar-refractivity contribution in [1.29, 1.82) is 0 Å². The first-order chi connectivity index (χ1) is 9.98. The van der Waals surface area contributed by atoms with E-state index in [0.29, 0.717) is 0 Å². The van der Waals surface area contributed by atoms with Gasteiger partial charge < -0.3 is 5.11 Å². The van der Waals surface area contributed by atoms with Crippen LogP contribution in [0.25, 0.3) is 0 Å². The van der Waals surface area contributed by atoms with Crippen molar-refractivity contribution in [3.05, 3.63) is 65.2 Å². The van der Waals surface area contributed by atoms with Crippen molar-refractivity contribution in [2.75, 3.05) is 0 Å². The Morgan fingerprint density at radius 3 is 2.33 bits per heavy atom. The second kappa shape index (κ2) is 4.98. The maximum atomic E-state index is 12.5. The number of hydrogen-bond acceptors (Lipinski definition) is 3. The van der Waals surface area contributed by atoms with Gasteiger partial charge in [0.25, 0.3) is 0 Å². The van der Waals surface area contributed by atoms with E-state index in [1.54, 1.807) is 36.4 Å². The molecule has 0 aliphatic carbocycles. The van der Waals surface area contributed by atoms with E-state index in [0.717, 1.165) is 11.1 Å². The molecule has 3 rings (SSSR count). The van der Waals surface area contributed by atoms with E-state index in [1.165, 1.54) is 16.4 Å².